The molecule has 0 aromatic heterocycles. The summed E-state index contributed by atoms with van der Waals surface area (Å²) in [4.78, 5) is 0. The van der Waals surface area contributed by atoms with Gasteiger partial charge in [0.15, 0.2) is 0 Å². The van der Waals surface area contributed by atoms with Crippen molar-refractivity contribution >= 4 is 11.6 Å². The normalized spacial score (nSPS) is 10.1. The number of halogens is 2. The Morgan fingerprint density at radius 2 is 1.90 bits per heavy atom. The molecular formula is C16H13ClFNO. The van der Waals surface area contributed by atoms with Gasteiger partial charge in [0.05, 0.1) is 6.61 Å². The fourth-order valence-corrected chi connectivity index (χ4v) is 1.97. The van der Waals surface area contributed by atoms with Gasteiger partial charge in [-0.2, -0.15) is 5.26 Å². The van der Waals surface area contributed by atoms with Crippen molar-refractivity contribution in [2.45, 2.75) is 12.8 Å². The number of hydrogen-bond donors (Lipinski definition) is 0. The molecule has 0 spiro atoms. The van der Waals surface area contributed by atoms with E-state index in [1.165, 1.54) is 12.1 Å². The Morgan fingerprint density at radius 3 is 2.60 bits per heavy atom. The second kappa shape index (κ2) is 6.93. The number of nitrogens with zero attached hydrogens (tertiary/aromatic N) is 1. The van der Waals surface area contributed by atoms with Gasteiger partial charge in [-0.3, -0.25) is 0 Å². The standard InChI is InChI=1S/C16H13ClFNO/c17-13-8-6-12(7-9-13)3-2-10-20-16-5-1-4-15(18)14(16)11-19/h1,4-9H,2-3,10H2. The van der Waals surface area contributed by atoms with E-state index in [1.54, 1.807) is 6.07 Å². The van der Waals surface area contributed by atoms with E-state index in [-0.39, 0.29) is 5.56 Å². The predicted octanol–water partition coefficient (Wildman–Crippen LogP) is 4.36. The lowest BCUT2D eigenvalue weighted by molar-refractivity contribution is 0.308. The first kappa shape index (κ1) is 14.4. The Labute approximate surface area is 122 Å². The molecule has 0 atom stereocenters. The van der Waals surface area contributed by atoms with Crippen molar-refractivity contribution in [1.82, 2.24) is 0 Å². The SMILES string of the molecule is N#Cc1c(F)cccc1OCCCc1ccc(Cl)cc1. The molecule has 2 aromatic carbocycles. The topological polar surface area (TPSA) is 33.0 Å². The summed E-state index contributed by atoms with van der Waals surface area (Å²) < 4.78 is 18.8. The molecule has 4 heteroatoms. The first-order chi connectivity index (χ1) is 9.70. The zero-order valence-electron chi connectivity index (χ0n) is 10.8. The minimum absolute atomic E-state index is 0.0426. The summed E-state index contributed by atoms with van der Waals surface area (Å²) >= 11 is 5.81. The predicted molar refractivity (Wildman–Crippen MR) is 76.4 cm³/mol. The summed E-state index contributed by atoms with van der Waals surface area (Å²) in [5, 5.41) is 9.59. The molecule has 102 valence electrons. The third-order valence-electron chi connectivity index (χ3n) is 2.87. The van der Waals surface area contributed by atoms with Gasteiger partial charge < -0.3 is 4.74 Å². The van der Waals surface area contributed by atoms with Crippen molar-refractivity contribution in [3.8, 4) is 11.8 Å². The maximum atomic E-state index is 13.3. The molecule has 0 radical (unpaired) electrons. The Balaban J connectivity index is 1.86. The van der Waals surface area contributed by atoms with Crippen LogP contribution in [-0.4, -0.2) is 6.61 Å². The molecule has 0 saturated carbocycles. The minimum Gasteiger partial charge on any atom is -0.492 e. The molecule has 2 nitrogen and oxygen atoms in total. The van der Waals surface area contributed by atoms with E-state index >= 15 is 0 Å². The van der Waals surface area contributed by atoms with Gasteiger partial charge in [-0.05, 0) is 42.7 Å². The van der Waals surface area contributed by atoms with E-state index in [9.17, 15) is 4.39 Å². The summed E-state index contributed by atoms with van der Waals surface area (Å²) in [5.74, 6) is -0.258. The van der Waals surface area contributed by atoms with Gasteiger partial charge in [-0.1, -0.05) is 29.8 Å². The van der Waals surface area contributed by atoms with Gasteiger partial charge in [0, 0.05) is 5.02 Å². The van der Waals surface area contributed by atoms with Crippen LogP contribution >= 0.6 is 11.6 Å². The summed E-state index contributed by atoms with van der Waals surface area (Å²) in [6.07, 6.45) is 1.62. The smallest absolute Gasteiger partial charge is 0.144 e. The van der Waals surface area contributed by atoms with Crippen LogP contribution in [0.15, 0.2) is 42.5 Å². The molecule has 0 N–H and O–H groups in total. The van der Waals surface area contributed by atoms with E-state index in [1.807, 2.05) is 30.3 Å². The van der Waals surface area contributed by atoms with Crippen LogP contribution in [0.25, 0.3) is 0 Å². The van der Waals surface area contributed by atoms with E-state index in [0.717, 1.165) is 18.4 Å². The van der Waals surface area contributed by atoms with Crippen molar-refractivity contribution in [1.29, 1.82) is 5.26 Å². The van der Waals surface area contributed by atoms with Crippen LogP contribution < -0.4 is 4.74 Å². The maximum absolute atomic E-state index is 13.3. The molecule has 0 aliphatic carbocycles. The molecule has 0 aliphatic rings. The van der Waals surface area contributed by atoms with Crippen molar-refractivity contribution in [2.75, 3.05) is 6.61 Å². The van der Waals surface area contributed by atoms with E-state index in [2.05, 4.69) is 0 Å². The molecular weight excluding hydrogens is 277 g/mol. The molecule has 0 amide bonds. The van der Waals surface area contributed by atoms with Crippen LogP contribution in [0.3, 0.4) is 0 Å². The zero-order chi connectivity index (χ0) is 14.4. The van der Waals surface area contributed by atoms with Gasteiger partial charge in [0.2, 0.25) is 0 Å². The molecule has 0 bridgehead atoms. The summed E-state index contributed by atoms with van der Waals surface area (Å²) in [5.41, 5.74) is 1.12. The van der Waals surface area contributed by atoms with Gasteiger partial charge in [-0.15, -0.1) is 0 Å². The highest BCUT2D eigenvalue weighted by Gasteiger charge is 2.08. The van der Waals surface area contributed by atoms with Gasteiger partial charge in [-0.25, -0.2) is 4.39 Å². The molecule has 2 aromatic rings. The molecule has 0 fully saturated rings. The molecule has 20 heavy (non-hydrogen) atoms. The first-order valence-corrected chi connectivity index (χ1v) is 6.64. The number of rotatable bonds is 5. The average Bonchev–Trinajstić information content (AvgIpc) is 2.45. The monoisotopic (exact) mass is 289 g/mol. The lowest BCUT2D eigenvalue weighted by atomic mass is 10.1. The van der Waals surface area contributed by atoms with Crippen LogP contribution in [0, 0.1) is 17.1 Å². The van der Waals surface area contributed by atoms with Crippen molar-refractivity contribution < 1.29 is 9.13 Å². The molecule has 0 aliphatic heterocycles. The minimum atomic E-state index is -0.553. The Kier molecular flexibility index (Phi) is 4.97. The van der Waals surface area contributed by atoms with Gasteiger partial charge >= 0.3 is 0 Å². The van der Waals surface area contributed by atoms with Gasteiger partial charge in [0.1, 0.15) is 23.2 Å². The summed E-state index contributed by atoms with van der Waals surface area (Å²) in [7, 11) is 0. The number of hydrogen-bond acceptors (Lipinski definition) is 2. The van der Waals surface area contributed by atoms with Crippen LogP contribution in [0.5, 0.6) is 5.75 Å². The highest BCUT2D eigenvalue weighted by atomic mass is 35.5. The lowest BCUT2D eigenvalue weighted by Gasteiger charge is -2.08. The molecule has 0 saturated heterocycles. The van der Waals surface area contributed by atoms with Crippen molar-refractivity contribution in [3.05, 3.63) is 64.4 Å². The van der Waals surface area contributed by atoms with Crippen LogP contribution in [0.2, 0.25) is 5.02 Å². The number of benzene rings is 2. The zero-order valence-corrected chi connectivity index (χ0v) is 11.5. The average molecular weight is 290 g/mol. The number of nitriles is 1. The number of aryl methyl sites for hydroxylation is 1. The largest absolute Gasteiger partial charge is 0.492 e. The van der Waals surface area contributed by atoms with Crippen LogP contribution in [0.1, 0.15) is 17.5 Å². The van der Waals surface area contributed by atoms with Crippen LogP contribution in [-0.2, 0) is 6.42 Å². The quantitative estimate of drug-likeness (QED) is 0.766. The Bertz CT molecular complexity index is 619. The van der Waals surface area contributed by atoms with E-state index in [0.29, 0.717) is 17.4 Å². The van der Waals surface area contributed by atoms with Crippen molar-refractivity contribution in [3.63, 3.8) is 0 Å². The highest BCUT2D eigenvalue weighted by Crippen LogP contribution is 2.20. The van der Waals surface area contributed by atoms with Gasteiger partial charge in [0.25, 0.3) is 0 Å². The van der Waals surface area contributed by atoms with E-state index < -0.39 is 5.82 Å². The fourth-order valence-electron chi connectivity index (χ4n) is 1.84. The van der Waals surface area contributed by atoms with E-state index in [4.69, 9.17) is 21.6 Å². The van der Waals surface area contributed by atoms with Crippen molar-refractivity contribution in [2.24, 2.45) is 0 Å². The Hall–Kier alpha value is -2.05. The summed E-state index contributed by atoms with van der Waals surface area (Å²) in [6.45, 7) is 0.431. The molecule has 0 unspecified atom stereocenters. The second-order valence-corrected chi connectivity index (χ2v) is 4.74. The lowest BCUT2D eigenvalue weighted by Crippen LogP contribution is -2.01. The third kappa shape index (κ3) is 3.72. The molecule has 2 rings (SSSR count). The highest BCUT2D eigenvalue weighted by molar-refractivity contribution is 6.30. The third-order valence-corrected chi connectivity index (χ3v) is 3.12. The fraction of sp³-hybridized carbons (Fsp3) is 0.188. The molecule has 0 heterocycles. The number of ether oxygens (including phenoxy) is 1. The van der Waals surface area contributed by atoms with Crippen LogP contribution in [0.4, 0.5) is 4.39 Å². The summed E-state index contributed by atoms with van der Waals surface area (Å²) in [6, 6.07) is 13.8. The Morgan fingerprint density at radius 1 is 1.15 bits per heavy atom. The first-order valence-electron chi connectivity index (χ1n) is 6.26. The second-order valence-electron chi connectivity index (χ2n) is 4.30. The maximum Gasteiger partial charge on any atom is 0.144 e.